The van der Waals surface area contributed by atoms with E-state index in [9.17, 15) is 9.59 Å². The van der Waals surface area contributed by atoms with Gasteiger partial charge in [0.15, 0.2) is 5.39 Å². The minimum absolute atomic E-state index is 0.0217. The molecule has 0 radical (unpaired) electrons. The summed E-state index contributed by atoms with van der Waals surface area (Å²) in [5, 5.41) is 0.606. The highest BCUT2D eigenvalue weighted by Gasteiger charge is 2.19. The van der Waals surface area contributed by atoms with Crippen LogP contribution in [0.2, 0.25) is 5.02 Å². The number of hydrogen-bond donors (Lipinski definition) is 0. The molecule has 0 unspecified atom stereocenters. The molecule has 7 heteroatoms. The van der Waals surface area contributed by atoms with Crippen molar-refractivity contribution in [1.29, 1.82) is 0 Å². The number of unbranched alkanes of at least 4 members (excludes halogenated alkanes) is 1. The van der Waals surface area contributed by atoms with Crippen molar-refractivity contribution in [2.45, 2.75) is 26.3 Å². The molecule has 2 aromatic heterocycles. The van der Waals surface area contributed by atoms with Gasteiger partial charge in [-0.3, -0.25) is 14.2 Å². The summed E-state index contributed by atoms with van der Waals surface area (Å²) in [5.41, 5.74) is 0.261. The summed E-state index contributed by atoms with van der Waals surface area (Å²) in [6, 6.07) is 12.0. The molecule has 2 aromatic carbocycles. The Morgan fingerprint density at radius 3 is 2.59 bits per heavy atom. The van der Waals surface area contributed by atoms with E-state index in [1.807, 2.05) is 19.1 Å². The summed E-state index contributed by atoms with van der Waals surface area (Å²) in [4.78, 5) is 30.9. The van der Waals surface area contributed by atoms with Crippen molar-refractivity contribution in [3.05, 3.63) is 68.1 Å². The minimum Gasteiger partial charge on any atom is -0.497 e. The number of methoxy groups -OCH3 is 1. The molecule has 6 nitrogen and oxygen atoms in total. The van der Waals surface area contributed by atoms with Crippen molar-refractivity contribution in [3.8, 4) is 17.1 Å². The van der Waals surface area contributed by atoms with Crippen LogP contribution in [0.3, 0.4) is 0 Å². The lowest BCUT2D eigenvalue weighted by Gasteiger charge is -2.13. The van der Waals surface area contributed by atoms with Gasteiger partial charge in [0.05, 0.1) is 12.5 Å². The highest BCUT2D eigenvalue weighted by Crippen LogP contribution is 2.24. The van der Waals surface area contributed by atoms with Crippen molar-refractivity contribution >= 4 is 33.7 Å². The van der Waals surface area contributed by atoms with E-state index >= 15 is 0 Å². The van der Waals surface area contributed by atoms with Crippen LogP contribution in [0.1, 0.15) is 19.8 Å². The number of nitrogens with zero attached hydrogens (tertiary/aromatic N) is 2. The van der Waals surface area contributed by atoms with Crippen LogP contribution in [0.5, 0.6) is 5.75 Å². The fourth-order valence-corrected chi connectivity index (χ4v) is 3.47. The lowest BCUT2D eigenvalue weighted by molar-refractivity contribution is 0.415. The van der Waals surface area contributed by atoms with Crippen LogP contribution in [0.4, 0.5) is 0 Å². The second-order valence-corrected chi connectivity index (χ2v) is 7.16. The zero-order valence-electron chi connectivity index (χ0n) is 16.1. The second-order valence-electron chi connectivity index (χ2n) is 6.73. The third-order valence-corrected chi connectivity index (χ3v) is 5.07. The normalized spacial score (nSPS) is 11.3. The molecule has 148 valence electrons. The molecule has 4 rings (SSSR count). The van der Waals surface area contributed by atoms with Gasteiger partial charge in [-0.1, -0.05) is 24.9 Å². The molecular weight excluding hydrogens is 392 g/mol. The van der Waals surface area contributed by atoms with E-state index in [2.05, 4.69) is 4.98 Å². The fraction of sp³-hybridized carbons (Fsp3) is 0.227. The number of benzene rings is 2. The van der Waals surface area contributed by atoms with Crippen molar-refractivity contribution in [1.82, 2.24) is 9.55 Å². The van der Waals surface area contributed by atoms with E-state index in [4.69, 9.17) is 20.8 Å². The Labute approximate surface area is 171 Å². The molecule has 0 amide bonds. The van der Waals surface area contributed by atoms with Crippen LogP contribution in [0, 0.1) is 0 Å². The van der Waals surface area contributed by atoms with Gasteiger partial charge in [-0.15, -0.1) is 0 Å². The quantitative estimate of drug-likeness (QED) is 0.448. The number of ether oxygens (including phenoxy) is 1. The Morgan fingerprint density at radius 1 is 1.14 bits per heavy atom. The molecule has 0 aliphatic carbocycles. The van der Waals surface area contributed by atoms with E-state index in [0.717, 1.165) is 18.4 Å². The van der Waals surface area contributed by atoms with Gasteiger partial charge in [0, 0.05) is 17.1 Å². The first-order chi connectivity index (χ1) is 14.0. The van der Waals surface area contributed by atoms with Gasteiger partial charge in [0.2, 0.25) is 11.1 Å². The van der Waals surface area contributed by atoms with Gasteiger partial charge in [-0.2, -0.15) is 4.98 Å². The van der Waals surface area contributed by atoms with E-state index in [1.165, 1.54) is 6.07 Å². The first-order valence-corrected chi connectivity index (χ1v) is 9.72. The first kappa shape index (κ1) is 19.2. The van der Waals surface area contributed by atoms with Crippen molar-refractivity contribution in [3.63, 3.8) is 0 Å². The number of rotatable bonds is 5. The predicted molar refractivity (Wildman–Crippen MR) is 114 cm³/mol. The third-order valence-electron chi connectivity index (χ3n) is 4.84. The Kier molecular flexibility index (Phi) is 5.11. The Morgan fingerprint density at radius 2 is 1.90 bits per heavy atom. The van der Waals surface area contributed by atoms with Crippen LogP contribution in [0.15, 0.2) is 56.5 Å². The van der Waals surface area contributed by atoms with E-state index in [-0.39, 0.29) is 16.5 Å². The van der Waals surface area contributed by atoms with Crippen molar-refractivity contribution < 1.29 is 9.15 Å². The predicted octanol–water partition coefficient (Wildman–Crippen LogP) is 4.63. The van der Waals surface area contributed by atoms with Crippen molar-refractivity contribution in [2.75, 3.05) is 7.11 Å². The molecule has 4 aromatic rings. The van der Waals surface area contributed by atoms with E-state index < -0.39 is 11.0 Å². The highest BCUT2D eigenvalue weighted by atomic mass is 35.5. The third kappa shape index (κ3) is 3.40. The molecule has 0 spiro atoms. The molecule has 2 heterocycles. The van der Waals surface area contributed by atoms with Crippen LogP contribution in [-0.2, 0) is 6.54 Å². The van der Waals surface area contributed by atoms with E-state index in [1.54, 1.807) is 35.9 Å². The highest BCUT2D eigenvalue weighted by molar-refractivity contribution is 6.31. The summed E-state index contributed by atoms with van der Waals surface area (Å²) in [5.74, 6) is 1.15. The maximum atomic E-state index is 13.3. The second kappa shape index (κ2) is 7.72. The summed E-state index contributed by atoms with van der Waals surface area (Å²) in [6.07, 6.45) is 1.68. The van der Waals surface area contributed by atoms with Gasteiger partial charge in [-0.25, -0.2) is 0 Å². The van der Waals surface area contributed by atoms with Crippen LogP contribution in [-0.4, -0.2) is 16.7 Å². The summed E-state index contributed by atoms with van der Waals surface area (Å²) in [7, 11) is 1.59. The molecule has 0 aliphatic rings. The smallest absolute Gasteiger partial charge is 0.269 e. The molecule has 0 saturated heterocycles. The summed E-state index contributed by atoms with van der Waals surface area (Å²) >= 11 is 6.02. The van der Waals surface area contributed by atoms with Gasteiger partial charge in [-0.05, 0) is 48.9 Å². The van der Waals surface area contributed by atoms with Gasteiger partial charge < -0.3 is 9.15 Å². The molecule has 0 bridgehead atoms. The van der Waals surface area contributed by atoms with Gasteiger partial charge in [0.1, 0.15) is 17.2 Å². The molecule has 0 aliphatic heterocycles. The average molecular weight is 411 g/mol. The Bertz CT molecular complexity index is 1320. The number of halogens is 1. The lowest BCUT2D eigenvalue weighted by Crippen LogP contribution is -2.27. The van der Waals surface area contributed by atoms with Crippen LogP contribution < -0.4 is 15.7 Å². The van der Waals surface area contributed by atoms with Gasteiger partial charge in [0.25, 0.3) is 5.56 Å². The minimum atomic E-state index is -0.423. The van der Waals surface area contributed by atoms with Gasteiger partial charge >= 0.3 is 0 Å². The van der Waals surface area contributed by atoms with Crippen LogP contribution in [0.25, 0.3) is 33.5 Å². The zero-order valence-corrected chi connectivity index (χ0v) is 16.8. The average Bonchev–Trinajstić information content (AvgIpc) is 2.73. The topological polar surface area (TPSA) is 74.3 Å². The zero-order chi connectivity index (χ0) is 20.5. The molecule has 29 heavy (non-hydrogen) atoms. The van der Waals surface area contributed by atoms with Crippen LogP contribution >= 0.6 is 11.6 Å². The SMILES string of the molecule is CCCCn1c(-c2ccc(OC)cc2)nc2oc3ccc(Cl)cc3c(=O)c2c1=O. The largest absolute Gasteiger partial charge is 0.497 e. The molecule has 0 N–H and O–H groups in total. The number of fused-ring (bicyclic) bond motifs is 2. The monoisotopic (exact) mass is 410 g/mol. The summed E-state index contributed by atoms with van der Waals surface area (Å²) < 4.78 is 12.6. The standard InChI is InChI=1S/C22H19ClN2O4/c1-3-4-11-25-20(13-5-8-15(28-2)9-6-13)24-21-18(22(25)27)19(26)16-12-14(23)7-10-17(16)29-21/h5-10,12H,3-4,11H2,1-2H3. The maximum Gasteiger partial charge on any atom is 0.269 e. The first-order valence-electron chi connectivity index (χ1n) is 9.35. The van der Waals surface area contributed by atoms with E-state index in [0.29, 0.717) is 28.7 Å². The Balaban J connectivity index is 2.06. The molecule has 0 saturated carbocycles. The fourth-order valence-electron chi connectivity index (χ4n) is 3.29. The summed E-state index contributed by atoms with van der Waals surface area (Å²) in [6.45, 7) is 2.49. The molecular formula is C22H19ClN2O4. The lowest BCUT2D eigenvalue weighted by atomic mass is 10.1. The van der Waals surface area contributed by atoms with Crippen molar-refractivity contribution in [2.24, 2.45) is 0 Å². The number of hydrogen-bond acceptors (Lipinski definition) is 5. The molecule has 0 fully saturated rings. The maximum absolute atomic E-state index is 13.3. The number of aromatic nitrogens is 2. The Hall–Kier alpha value is -3.12. The molecule has 0 atom stereocenters.